The van der Waals surface area contributed by atoms with E-state index in [1.165, 1.54) is 0 Å². The zero-order valence-corrected chi connectivity index (χ0v) is 14.0. The third-order valence-corrected chi connectivity index (χ3v) is 4.51. The Morgan fingerprint density at radius 2 is 2.04 bits per heavy atom. The van der Waals surface area contributed by atoms with Crippen molar-refractivity contribution in [2.45, 2.75) is 57.4 Å². The van der Waals surface area contributed by atoms with E-state index in [2.05, 4.69) is 15.5 Å². The fraction of sp³-hybridized carbons (Fsp3) is 0.812. The van der Waals surface area contributed by atoms with Gasteiger partial charge in [-0.2, -0.15) is 4.98 Å². The Balaban J connectivity index is 1.62. The number of amides is 2. The van der Waals surface area contributed by atoms with Gasteiger partial charge in [-0.15, -0.1) is 0 Å². The Hall–Kier alpha value is -1.63. The van der Waals surface area contributed by atoms with E-state index in [-0.39, 0.29) is 18.0 Å². The Morgan fingerprint density at radius 3 is 2.78 bits per heavy atom. The van der Waals surface area contributed by atoms with E-state index in [1.54, 1.807) is 0 Å². The number of urea groups is 1. The lowest BCUT2D eigenvalue weighted by molar-refractivity contribution is 0.0830. The average Bonchev–Trinajstić information content (AvgIpc) is 3.05. The number of piperidine rings is 1. The van der Waals surface area contributed by atoms with Crippen molar-refractivity contribution in [1.82, 2.24) is 20.4 Å². The fourth-order valence-electron chi connectivity index (χ4n) is 3.24. The molecule has 0 aromatic carbocycles. The molecule has 1 aromatic heterocycles. The maximum Gasteiger partial charge on any atom is 0.317 e. The van der Waals surface area contributed by atoms with E-state index in [0.717, 1.165) is 51.3 Å². The van der Waals surface area contributed by atoms with Gasteiger partial charge in [0, 0.05) is 38.3 Å². The van der Waals surface area contributed by atoms with Crippen LogP contribution in [0.25, 0.3) is 0 Å². The highest BCUT2D eigenvalue weighted by molar-refractivity contribution is 5.74. The molecule has 1 N–H and O–H groups in total. The summed E-state index contributed by atoms with van der Waals surface area (Å²) in [7, 11) is 0. The van der Waals surface area contributed by atoms with Gasteiger partial charge in [0.15, 0.2) is 5.82 Å². The molecule has 7 nitrogen and oxygen atoms in total. The van der Waals surface area contributed by atoms with Crippen LogP contribution in [0, 0.1) is 0 Å². The van der Waals surface area contributed by atoms with E-state index in [0.29, 0.717) is 18.4 Å². The lowest BCUT2D eigenvalue weighted by Gasteiger charge is -2.31. The second-order valence-electron chi connectivity index (χ2n) is 6.77. The predicted octanol–water partition coefficient (Wildman–Crippen LogP) is 2.26. The van der Waals surface area contributed by atoms with Gasteiger partial charge in [0.1, 0.15) is 0 Å². The Morgan fingerprint density at radius 1 is 1.26 bits per heavy atom. The van der Waals surface area contributed by atoms with Gasteiger partial charge in [-0.25, -0.2) is 4.79 Å². The standard InChI is InChI=1S/C16H26N4O3/c1-11(2)17-16(21)20-7-3-4-13(10-20)15-18-14(19-23-15)12-5-8-22-9-6-12/h11-13H,3-10H2,1-2H3,(H,17,21). The zero-order valence-electron chi connectivity index (χ0n) is 14.0. The maximum absolute atomic E-state index is 12.2. The minimum absolute atomic E-state index is 0.00568. The predicted molar refractivity (Wildman–Crippen MR) is 84.3 cm³/mol. The number of hydrogen-bond donors (Lipinski definition) is 1. The van der Waals surface area contributed by atoms with E-state index >= 15 is 0 Å². The molecule has 0 saturated carbocycles. The van der Waals surface area contributed by atoms with Crippen LogP contribution in [0.2, 0.25) is 0 Å². The zero-order chi connectivity index (χ0) is 16.2. The molecule has 0 bridgehead atoms. The molecule has 7 heteroatoms. The summed E-state index contributed by atoms with van der Waals surface area (Å²) in [6, 6.07) is 0.139. The molecule has 0 spiro atoms. The number of ether oxygens (including phenoxy) is 1. The summed E-state index contributed by atoms with van der Waals surface area (Å²) in [6.45, 7) is 6.90. The van der Waals surface area contributed by atoms with Gasteiger partial charge >= 0.3 is 6.03 Å². The summed E-state index contributed by atoms with van der Waals surface area (Å²) < 4.78 is 10.9. The highest BCUT2D eigenvalue weighted by atomic mass is 16.5. The van der Waals surface area contributed by atoms with Gasteiger partial charge in [0.2, 0.25) is 5.89 Å². The lowest BCUT2D eigenvalue weighted by atomic mass is 9.97. The van der Waals surface area contributed by atoms with Crippen molar-refractivity contribution < 1.29 is 14.1 Å². The van der Waals surface area contributed by atoms with Crippen molar-refractivity contribution in [3.63, 3.8) is 0 Å². The number of likely N-dealkylation sites (tertiary alicyclic amines) is 1. The summed E-state index contributed by atoms with van der Waals surface area (Å²) in [6.07, 6.45) is 3.85. The largest absolute Gasteiger partial charge is 0.381 e. The molecule has 128 valence electrons. The first-order valence-electron chi connectivity index (χ1n) is 8.60. The van der Waals surface area contributed by atoms with Crippen LogP contribution in [0.3, 0.4) is 0 Å². The van der Waals surface area contributed by atoms with Crippen LogP contribution in [-0.2, 0) is 4.74 Å². The molecule has 3 rings (SSSR count). The highest BCUT2D eigenvalue weighted by Crippen LogP contribution is 2.29. The molecule has 23 heavy (non-hydrogen) atoms. The monoisotopic (exact) mass is 322 g/mol. The van der Waals surface area contributed by atoms with E-state index in [1.807, 2.05) is 18.7 Å². The second kappa shape index (κ2) is 7.29. The Bertz CT molecular complexity index is 525. The molecular formula is C16H26N4O3. The molecule has 2 fully saturated rings. The van der Waals surface area contributed by atoms with Crippen LogP contribution in [-0.4, -0.2) is 53.4 Å². The molecular weight excluding hydrogens is 296 g/mol. The summed E-state index contributed by atoms with van der Waals surface area (Å²) in [5, 5.41) is 7.12. The van der Waals surface area contributed by atoms with Crippen LogP contribution in [0.1, 0.15) is 63.1 Å². The molecule has 3 heterocycles. The van der Waals surface area contributed by atoms with E-state index < -0.39 is 0 Å². The Kier molecular flexibility index (Phi) is 5.15. The SMILES string of the molecule is CC(C)NC(=O)N1CCCC(c2nc(C3CCOCC3)no2)C1. The maximum atomic E-state index is 12.2. The Labute approximate surface area is 136 Å². The van der Waals surface area contributed by atoms with Crippen molar-refractivity contribution in [3.05, 3.63) is 11.7 Å². The number of carbonyl (C=O) groups excluding carboxylic acids is 1. The van der Waals surface area contributed by atoms with Crippen molar-refractivity contribution in [2.24, 2.45) is 0 Å². The van der Waals surface area contributed by atoms with Gasteiger partial charge in [-0.05, 0) is 39.5 Å². The minimum atomic E-state index is -0.00568. The van der Waals surface area contributed by atoms with Crippen LogP contribution < -0.4 is 5.32 Å². The second-order valence-corrected chi connectivity index (χ2v) is 6.77. The van der Waals surface area contributed by atoms with Crippen molar-refractivity contribution in [1.29, 1.82) is 0 Å². The molecule has 1 aromatic rings. The molecule has 1 atom stereocenters. The summed E-state index contributed by atoms with van der Waals surface area (Å²) in [5.41, 5.74) is 0. The number of nitrogens with zero attached hydrogens (tertiary/aromatic N) is 3. The molecule has 2 aliphatic rings. The van der Waals surface area contributed by atoms with Gasteiger partial charge in [0.05, 0.1) is 5.92 Å². The summed E-state index contributed by atoms with van der Waals surface area (Å²) in [4.78, 5) is 18.6. The summed E-state index contributed by atoms with van der Waals surface area (Å²) >= 11 is 0. The minimum Gasteiger partial charge on any atom is -0.381 e. The van der Waals surface area contributed by atoms with Gasteiger partial charge < -0.3 is 19.5 Å². The summed E-state index contributed by atoms with van der Waals surface area (Å²) in [5.74, 6) is 1.95. The molecule has 2 saturated heterocycles. The van der Waals surface area contributed by atoms with Gasteiger partial charge in [-0.1, -0.05) is 5.16 Å². The molecule has 0 radical (unpaired) electrons. The first-order valence-corrected chi connectivity index (χ1v) is 8.60. The number of carbonyl (C=O) groups is 1. The third-order valence-electron chi connectivity index (χ3n) is 4.51. The fourth-order valence-corrected chi connectivity index (χ4v) is 3.24. The third kappa shape index (κ3) is 4.02. The number of hydrogen-bond acceptors (Lipinski definition) is 5. The smallest absolute Gasteiger partial charge is 0.317 e. The average molecular weight is 322 g/mol. The van der Waals surface area contributed by atoms with Crippen LogP contribution in [0.5, 0.6) is 0 Å². The quantitative estimate of drug-likeness (QED) is 0.923. The van der Waals surface area contributed by atoms with E-state index in [4.69, 9.17) is 9.26 Å². The van der Waals surface area contributed by atoms with Crippen molar-refractivity contribution in [3.8, 4) is 0 Å². The molecule has 0 aliphatic carbocycles. The number of rotatable bonds is 3. The van der Waals surface area contributed by atoms with Crippen molar-refractivity contribution in [2.75, 3.05) is 26.3 Å². The first-order chi connectivity index (χ1) is 11.1. The van der Waals surface area contributed by atoms with Crippen LogP contribution >= 0.6 is 0 Å². The normalized spacial score (nSPS) is 23.3. The topological polar surface area (TPSA) is 80.5 Å². The van der Waals surface area contributed by atoms with Crippen molar-refractivity contribution >= 4 is 6.03 Å². The highest BCUT2D eigenvalue weighted by Gasteiger charge is 2.30. The van der Waals surface area contributed by atoms with E-state index in [9.17, 15) is 4.79 Å². The number of nitrogens with one attached hydrogen (secondary N) is 1. The molecule has 2 amide bonds. The molecule has 1 unspecified atom stereocenters. The van der Waals surface area contributed by atoms with Crippen LogP contribution in [0.15, 0.2) is 4.52 Å². The van der Waals surface area contributed by atoms with Gasteiger partial charge in [-0.3, -0.25) is 0 Å². The molecule has 2 aliphatic heterocycles. The van der Waals surface area contributed by atoms with Gasteiger partial charge in [0.25, 0.3) is 0 Å². The number of aromatic nitrogens is 2. The first kappa shape index (κ1) is 16.2. The lowest BCUT2D eigenvalue weighted by Crippen LogP contribution is -2.47. The van der Waals surface area contributed by atoms with Crippen LogP contribution in [0.4, 0.5) is 4.79 Å².